The summed E-state index contributed by atoms with van der Waals surface area (Å²) >= 11 is 0. The number of nitrogens with zero attached hydrogens (tertiary/aromatic N) is 2. The van der Waals surface area contributed by atoms with Gasteiger partial charge in [0, 0.05) is 14.1 Å². The second kappa shape index (κ2) is 9.41. The molecule has 6 nitrogen and oxygen atoms in total. The third kappa shape index (κ3) is 5.58. The molecule has 2 rings (SSSR count). The summed E-state index contributed by atoms with van der Waals surface area (Å²) in [7, 11) is -0.907. The first-order valence-electron chi connectivity index (χ1n) is 9.72. The van der Waals surface area contributed by atoms with Crippen molar-refractivity contribution in [2.75, 3.05) is 24.9 Å². The molecule has 0 saturated heterocycles. The number of nitrogens with one attached hydrogen (secondary N) is 1. The molecule has 2 aromatic rings. The van der Waals surface area contributed by atoms with Crippen LogP contribution >= 0.6 is 0 Å². The minimum Gasteiger partial charge on any atom is -0.348 e. The molecule has 0 saturated carbocycles. The highest BCUT2D eigenvalue weighted by Crippen LogP contribution is 2.25. The highest BCUT2D eigenvalue weighted by Gasteiger charge is 2.29. The maximum Gasteiger partial charge on any atom is 0.304 e. The largest absolute Gasteiger partial charge is 0.348 e. The van der Waals surface area contributed by atoms with Gasteiger partial charge in [0.25, 0.3) is 0 Å². The molecule has 1 amide bonds. The van der Waals surface area contributed by atoms with E-state index in [0.717, 1.165) is 31.7 Å². The predicted molar refractivity (Wildman–Crippen MR) is 118 cm³/mol. The molecule has 158 valence electrons. The van der Waals surface area contributed by atoms with E-state index in [2.05, 4.69) is 12.2 Å². The maximum absolute atomic E-state index is 12.9. The monoisotopic (exact) mass is 417 g/mol. The van der Waals surface area contributed by atoms with E-state index in [1.807, 2.05) is 57.2 Å². The van der Waals surface area contributed by atoms with Gasteiger partial charge in [-0.15, -0.1) is 0 Å². The molecule has 29 heavy (non-hydrogen) atoms. The Bertz CT molecular complexity index is 954. The van der Waals surface area contributed by atoms with Crippen molar-refractivity contribution in [2.24, 2.45) is 0 Å². The van der Waals surface area contributed by atoms with E-state index < -0.39 is 10.2 Å². The third-order valence-corrected chi connectivity index (χ3v) is 6.73. The molecule has 0 heterocycles. The van der Waals surface area contributed by atoms with Crippen molar-refractivity contribution in [1.29, 1.82) is 0 Å². The van der Waals surface area contributed by atoms with Crippen molar-refractivity contribution in [2.45, 2.75) is 40.2 Å². The Morgan fingerprint density at radius 2 is 1.69 bits per heavy atom. The Balaban J connectivity index is 2.26. The molecular weight excluding hydrogens is 386 g/mol. The molecular formula is C22H31N3O3S. The number of benzene rings is 2. The van der Waals surface area contributed by atoms with Gasteiger partial charge < -0.3 is 5.32 Å². The van der Waals surface area contributed by atoms with Gasteiger partial charge in [0.1, 0.15) is 6.54 Å². The molecule has 0 radical (unpaired) electrons. The smallest absolute Gasteiger partial charge is 0.304 e. The highest BCUT2D eigenvalue weighted by atomic mass is 32.2. The Kier molecular flexibility index (Phi) is 7.43. The Morgan fingerprint density at radius 1 is 1.07 bits per heavy atom. The van der Waals surface area contributed by atoms with Crippen molar-refractivity contribution < 1.29 is 13.2 Å². The lowest BCUT2D eigenvalue weighted by molar-refractivity contribution is -0.120. The molecule has 7 heteroatoms. The molecule has 0 aliphatic carbocycles. The van der Waals surface area contributed by atoms with Gasteiger partial charge in [-0.2, -0.15) is 12.7 Å². The standard InChI is InChI=1S/C22H31N3O3S/c1-7-19-10-12-20(13-11-19)18(4)23-22(26)15-25(29(27,28)24(5)6)21-14-16(2)8-9-17(21)3/h8-14,18H,7,15H2,1-6H3,(H,23,26)/t18-/m1/s1. The first-order chi connectivity index (χ1) is 13.6. The molecule has 2 aromatic carbocycles. The van der Waals surface area contributed by atoms with Crippen LogP contribution in [0.2, 0.25) is 0 Å². The number of aryl methyl sites for hydroxylation is 3. The van der Waals surface area contributed by atoms with Crippen molar-refractivity contribution in [3.8, 4) is 0 Å². The van der Waals surface area contributed by atoms with Gasteiger partial charge >= 0.3 is 10.2 Å². The van der Waals surface area contributed by atoms with Crippen molar-refractivity contribution in [3.05, 3.63) is 64.7 Å². The lowest BCUT2D eigenvalue weighted by atomic mass is 10.1. The van der Waals surface area contributed by atoms with Crippen LogP contribution in [-0.2, 0) is 21.4 Å². The summed E-state index contributed by atoms with van der Waals surface area (Å²) in [6.07, 6.45) is 0.953. The topological polar surface area (TPSA) is 69.7 Å². The normalized spacial score (nSPS) is 12.7. The van der Waals surface area contributed by atoms with E-state index in [1.54, 1.807) is 6.07 Å². The number of carbonyl (C=O) groups is 1. The van der Waals surface area contributed by atoms with Crippen LogP contribution in [0.5, 0.6) is 0 Å². The molecule has 0 fully saturated rings. The first-order valence-corrected chi connectivity index (χ1v) is 11.1. The summed E-state index contributed by atoms with van der Waals surface area (Å²) in [6.45, 7) is 7.42. The summed E-state index contributed by atoms with van der Waals surface area (Å²) in [5.74, 6) is -0.358. The summed E-state index contributed by atoms with van der Waals surface area (Å²) in [5.41, 5.74) is 4.43. The van der Waals surface area contributed by atoms with Crippen LogP contribution < -0.4 is 9.62 Å². The van der Waals surface area contributed by atoms with Crippen LogP contribution in [0.4, 0.5) is 5.69 Å². The zero-order chi connectivity index (χ0) is 21.8. The summed E-state index contributed by atoms with van der Waals surface area (Å²) in [5, 5.41) is 2.92. The quantitative estimate of drug-likeness (QED) is 0.716. The number of hydrogen-bond donors (Lipinski definition) is 1. The third-order valence-electron chi connectivity index (χ3n) is 4.93. The van der Waals surface area contributed by atoms with E-state index in [-0.39, 0.29) is 18.5 Å². The van der Waals surface area contributed by atoms with Crippen molar-refractivity contribution in [3.63, 3.8) is 0 Å². The maximum atomic E-state index is 12.9. The number of hydrogen-bond acceptors (Lipinski definition) is 3. The van der Waals surface area contributed by atoms with Crippen LogP contribution in [0.15, 0.2) is 42.5 Å². The molecule has 0 aliphatic heterocycles. The van der Waals surface area contributed by atoms with Gasteiger partial charge in [-0.05, 0) is 55.5 Å². The lowest BCUT2D eigenvalue weighted by Gasteiger charge is -2.29. The van der Waals surface area contributed by atoms with Crippen LogP contribution in [-0.4, -0.2) is 39.3 Å². The molecule has 0 unspecified atom stereocenters. The van der Waals surface area contributed by atoms with Gasteiger partial charge in [-0.3, -0.25) is 4.79 Å². The Morgan fingerprint density at radius 3 is 2.24 bits per heavy atom. The second-order valence-corrected chi connectivity index (χ2v) is 9.54. The van der Waals surface area contributed by atoms with Gasteiger partial charge in [0.15, 0.2) is 0 Å². The molecule has 0 bridgehead atoms. The van der Waals surface area contributed by atoms with E-state index in [0.29, 0.717) is 5.69 Å². The van der Waals surface area contributed by atoms with Crippen LogP contribution in [0, 0.1) is 13.8 Å². The number of anilines is 1. The summed E-state index contributed by atoms with van der Waals surface area (Å²) < 4.78 is 28.1. The zero-order valence-electron chi connectivity index (χ0n) is 18.1. The zero-order valence-corrected chi connectivity index (χ0v) is 18.9. The fourth-order valence-electron chi connectivity index (χ4n) is 3.02. The van der Waals surface area contributed by atoms with Crippen LogP contribution in [0.1, 0.15) is 42.1 Å². The van der Waals surface area contributed by atoms with Crippen molar-refractivity contribution in [1.82, 2.24) is 9.62 Å². The second-order valence-electron chi connectivity index (χ2n) is 7.47. The van der Waals surface area contributed by atoms with E-state index >= 15 is 0 Å². The van der Waals surface area contributed by atoms with E-state index in [4.69, 9.17) is 0 Å². The van der Waals surface area contributed by atoms with Gasteiger partial charge in [-0.1, -0.05) is 43.3 Å². The Hall–Kier alpha value is -2.38. The molecule has 0 spiro atoms. The van der Waals surface area contributed by atoms with Crippen LogP contribution in [0.3, 0.4) is 0 Å². The number of carbonyl (C=O) groups excluding carboxylic acids is 1. The minimum atomic E-state index is -3.83. The Labute approximate surface area is 174 Å². The average molecular weight is 418 g/mol. The SMILES string of the molecule is CCc1ccc([C@@H](C)NC(=O)CN(c2cc(C)ccc2C)S(=O)(=O)N(C)C)cc1. The van der Waals surface area contributed by atoms with Gasteiger partial charge in [-0.25, -0.2) is 4.31 Å². The fourth-order valence-corrected chi connectivity index (χ4v) is 4.14. The fraction of sp³-hybridized carbons (Fsp3) is 0.409. The van der Waals surface area contributed by atoms with Gasteiger partial charge in [0.2, 0.25) is 5.91 Å². The molecule has 0 aromatic heterocycles. The number of amides is 1. The van der Waals surface area contributed by atoms with Crippen molar-refractivity contribution >= 4 is 21.8 Å². The van der Waals surface area contributed by atoms with Gasteiger partial charge in [0.05, 0.1) is 11.7 Å². The average Bonchev–Trinajstić information content (AvgIpc) is 2.68. The van der Waals surface area contributed by atoms with Crippen LogP contribution in [0.25, 0.3) is 0 Å². The van der Waals surface area contributed by atoms with E-state index in [1.165, 1.54) is 19.7 Å². The summed E-state index contributed by atoms with van der Waals surface area (Å²) in [4.78, 5) is 12.8. The lowest BCUT2D eigenvalue weighted by Crippen LogP contribution is -2.46. The molecule has 1 atom stereocenters. The highest BCUT2D eigenvalue weighted by molar-refractivity contribution is 7.90. The molecule has 1 N–H and O–H groups in total. The van der Waals surface area contributed by atoms with E-state index in [9.17, 15) is 13.2 Å². The molecule has 0 aliphatic rings. The summed E-state index contributed by atoms with van der Waals surface area (Å²) in [6, 6.07) is 13.4. The predicted octanol–water partition coefficient (Wildman–Crippen LogP) is 3.36. The minimum absolute atomic E-state index is 0.226. The number of rotatable bonds is 8. The first kappa shape index (κ1) is 22.9.